The molecular weight excluding hydrogens is 274 g/mol. The van der Waals surface area contributed by atoms with Gasteiger partial charge in [0.25, 0.3) is 0 Å². The molecule has 0 aliphatic heterocycles. The van der Waals surface area contributed by atoms with Gasteiger partial charge in [-0.1, -0.05) is 71.1 Å². The Labute approximate surface area is 135 Å². The number of H-pyrrole nitrogens is 1. The maximum atomic E-state index is 12.0. The number of hydrogen-bond acceptors (Lipinski definition) is 3. The molecule has 0 aromatic carbocycles. The second-order valence-corrected chi connectivity index (χ2v) is 6.37. The molecule has 0 aliphatic carbocycles. The molecule has 1 N–H and O–H groups in total. The largest absolute Gasteiger partial charge is 0.299 e. The number of carbonyl (C=O) groups is 1. The maximum absolute atomic E-state index is 12.0. The van der Waals surface area contributed by atoms with Gasteiger partial charge in [-0.2, -0.15) is 15.4 Å². The molecule has 0 aliphatic rings. The van der Waals surface area contributed by atoms with E-state index in [2.05, 4.69) is 22.3 Å². The van der Waals surface area contributed by atoms with Crippen molar-refractivity contribution in [1.82, 2.24) is 15.4 Å². The van der Waals surface area contributed by atoms with Gasteiger partial charge in [-0.3, -0.25) is 4.79 Å². The van der Waals surface area contributed by atoms with E-state index in [9.17, 15) is 4.79 Å². The highest BCUT2D eigenvalue weighted by atomic mass is 16.1. The van der Waals surface area contributed by atoms with E-state index in [0.29, 0.717) is 6.42 Å². The fraction of sp³-hybridized carbons (Fsp3) is 0.833. The van der Waals surface area contributed by atoms with Crippen molar-refractivity contribution in [3.05, 3.63) is 11.9 Å². The van der Waals surface area contributed by atoms with Crippen LogP contribution < -0.4 is 0 Å². The minimum absolute atomic E-state index is 0.123. The Morgan fingerprint density at radius 3 is 2.05 bits per heavy atom. The number of aromatic amines is 1. The number of aromatic nitrogens is 3. The number of ketones is 1. The highest BCUT2D eigenvalue weighted by Crippen LogP contribution is 2.17. The smallest absolute Gasteiger partial charge is 0.141 e. The molecule has 1 unspecified atom stereocenters. The lowest BCUT2D eigenvalue weighted by molar-refractivity contribution is -0.120. The van der Waals surface area contributed by atoms with E-state index >= 15 is 0 Å². The third kappa shape index (κ3) is 8.30. The number of rotatable bonds is 14. The summed E-state index contributed by atoms with van der Waals surface area (Å²) >= 11 is 0. The first-order valence-corrected chi connectivity index (χ1v) is 9.14. The molecule has 0 saturated heterocycles. The fourth-order valence-electron chi connectivity index (χ4n) is 2.76. The SMILES string of the molecule is CCCCCCCCCCCCCC(=O)C(C)c1cn[nH]n1. The fourth-order valence-corrected chi connectivity index (χ4v) is 2.76. The molecule has 0 amide bonds. The summed E-state index contributed by atoms with van der Waals surface area (Å²) in [5.74, 6) is 0.159. The quantitative estimate of drug-likeness (QED) is 0.482. The summed E-state index contributed by atoms with van der Waals surface area (Å²) in [4.78, 5) is 12.0. The minimum atomic E-state index is -0.123. The molecule has 126 valence electrons. The second-order valence-electron chi connectivity index (χ2n) is 6.37. The van der Waals surface area contributed by atoms with E-state index in [1.165, 1.54) is 64.2 Å². The van der Waals surface area contributed by atoms with Crippen molar-refractivity contribution in [3.8, 4) is 0 Å². The summed E-state index contributed by atoms with van der Waals surface area (Å²) < 4.78 is 0. The first-order chi connectivity index (χ1) is 10.8. The lowest BCUT2D eigenvalue weighted by Gasteiger charge is -2.06. The van der Waals surface area contributed by atoms with Crippen molar-refractivity contribution in [2.24, 2.45) is 0 Å². The molecule has 0 saturated carbocycles. The number of hydrogen-bond donors (Lipinski definition) is 1. The Morgan fingerprint density at radius 2 is 1.55 bits per heavy atom. The van der Waals surface area contributed by atoms with Gasteiger partial charge in [-0.05, 0) is 13.3 Å². The third-order valence-corrected chi connectivity index (χ3v) is 4.39. The Bertz CT molecular complexity index is 376. The van der Waals surface area contributed by atoms with Crippen LogP contribution in [0.4, 0.5) is 0 Å². The van der Waals surface area contributed by atoms with E-state index in [1.54, 1.807) is 6.20 Å². The normalized spacial score (nSPS) is 12.5. The average Bonchev–Trinajstić information content (AvgIpc) is 3.06. The standard InChI is InChI=1S/C18H33N3O/c1-3-4-5-6-7-8-9-10-11-12-13-14-18(22)16(2)17-15-19-21-20-17/h15-16H,3-14H2,1-2H3,(H,19,20,21). The molecule has 4 nitrogen and oxygen atoms in total. The van der Waals surface area contributed by atoms with Crippen LogP contribution in [0.5, 0.6) is 0 Å². The molecule has 0 radical (unpaired) electrons. The van der Waals surface area contributed by atoms with E-state index in [0.717, 1.165) is 12.1 Å². The Balaban J connectivity index is 1.90. The first kappa shape index (κ1) is 18.9. The summed E-state index contributed by atoms with van der Waals surface area (Å²) in [7, 11) is 0. The second kappa shape index (κ2) is 12.4. The van der Waals surface area contributed by atoms with E-state index < -0.39 is 0 Å². The van der Waals surface area contributed by atoms with Gasteiger partial charge in [0, 0.05) is 6.42 Å². The molecule has 0 spiro atoms. The summed E-state index contributed by atoms with van der Waals surface area (Å²) in [6, 6.07) is 0. The van der Waals surface area contributed by atoms with E-state index in [1.807, 2.05) is 6.92 Å². The zero-order chi connectivity index (χ0) is 16.0. The molecule has 1 heterocycles. The monoisotopic (exact) mass is 307 g/mol. The molecule has 0 fully saturated rings. The predicted octanol–water partition coefficient (Wildman–Crippen LogP) is 5.18. The number of Topliss-reactive ketones (excluding diaryl/α,β-unsaturated/α-hetero) is 1. The Morgan fingerprint density at radius 1 is 1.00 bits per heavy atom. The van der Waals surface area contributed by atoms with Crippen molar-refractivity contribution in [1.29, 1.82) is 0 Å². The topological polar surface area (TPSA) is 58.6 Å². The molecule has 22 heavy (non-hydrogen) atoms. The Kier molecular flexibility index (Phi) is 10.6. The highest BCUT2D eigenvalue weighted by molar-refractivity contribution is 5.84. The van der Waals surface area contributed by atoms with Crippen LogP contribution in [0.25, 0.3) is 0 Å². The van der Waals surface area contributed by atoms with Gasteiger partial charge in [0.15, 0.2) is 0 Å². The van der Waals surface area contributed by atoms with Gasteiger partial charge >= 0.3 is 0 Å². The lowest BCUT2D eigenvalue weighted by Crippen LogP contribution is -2.09. The Hall–Kier alpha value is -1.19. The lowest BCUT2D eigenvalue weighted by atomic mass is 9.98. The average molecular weight is 307 g/mol. The van der Waals surface area contributed by atoms with Gasteiger partial charge in [0.05, 0.1) is 17.8 Å². The molecular formula is C18H33N3O. The molecule has 1 rings (SSSR count). The highest BCUT2D eigenvalue weighted by Gasteiger charge is 2.16. The zero-order valence-corrected chi connectivity index (χ0v) is 14.4. The number of unbranched alkanes of at least 4 members (excludes halogenated alkanes) is 10. The summed E-state index contributed by atoms with van der Waals surface area (Å²) in [5.41, 5.74) is 0.757. The minimum Gasteiger partial charge on any atom is -0.299 e. The number of carbonyl (C=O) groups excluding carboxylic acids is 1. The van der Waals surface area contributed by atoms with Gasteiger partial charge in [0.2, 0.25) is 0 Å². The van der Waals surface area contributed by atoms with Crippen LogP contribution in [-0.4, -0.2) is 21.2 Å². The van der Waals surface area contributed by atoms with Crippen LogP contribution >= 0.6 is 0 Å². The summed E-state index contributed by atoms with van der Waals surface area (Å²) in [6.45, 7) is 4.18. The van der Waals surface area contributed by atoms with Crippen LogP contribution in [0.3, 0.4) is 0 Å². The van der Waals surface area contributed by atoms with E-state index in [4.69, 9.17) is 0 Å². The molecule has 0 bridgehead atoms. The van der Waals surface area contributed by atoms with Crippen LogP contribution in [0, 0.1) is 0 Å². The van der Waals surface area contributed by atoms with Crippen molar-refractivity contribution >= 4 is 5.78 Å². The number of nitrogens with zero attached hydrogens (tertiary/aromatic N) is 2. The van der Waals surface area contributed by atoms with Gasteiger partial charge in [0.1, 0.15) is 5.78 Å². The number of nitrogens with one attached hydrogen (secondary N) is 1. The van der Waals surface area contributed by atoms with Gasteiger partial charge in [-0.25, -0.2) is 0 Å². The molecule has 1 aromatic heterocycles. The maximum Gasteiger partial charge on any atom is 0.141 e. The first-order valence-electron chi connectivity index (χ1n) is 9.14. The van der Waals surface area contributed by atoms with Crippen molar-refractivity contribution < 1.29 is 4.79 Å². The summed E-state index contributed by atoms with van der Waals surface area (Å²) in [6.07, 6.45) is 16.7. The van der Waals surface area contributed by atoms with Crippen molar-refractivity contribution in [2.75, 3.05) is 0 Å². The van der Waals surface area contributed by atoms with Crippen LogP contribution in [0.15, 0.2) is 6.20 Å². The summed E-state index contributed by atoms with van der Waals surface area (Å²) in [5, 5.41) is 10.3. The molecule has 4 heteroatoms. The molecule has 1 aromatic rings. The van der Waals surface area contributed by atoms with Crippen molar-refractivity contribution in [3.63, 3.8) is 0 Å². The van der Waals surface area contributed by atoms with Crippen molar-refractivity contribution in [2.45, 2.75) is 96.8 Å². The zero-order valence-electron chi connectivity index (χ0n) is 14.4. The van der Waals surface area contributed by atoms with Crippen LogP contribution in [0.2, 0.25) is 0 Å². The van der Waals surface area contributed by atoms with Gasteiger partial charge in [-0.15, -0.1) is 0 Å². The predicted molar refractivity (Wildman–Crippen MR) is 90.9 cm³/mol. The molecule has 1 atom stereocenters. The van der Waals surface area contributed by atoms with Crippen LogP contribution in [0.1, 0.15) is 103 Å². The van der Waals surface area contributed by atoms with Crippen LogP contribution in [-0.2, 0) is 4.79 Å². The third-order valence-electron chi connectivity index (χ3n) is 4.39. The van der Waals surface area contributed by atoms with Gasteiger partial charge < -0.3 is 0 Å². The van der Waals surface area contributed by atoms with E-state index in [-0.39, 0.29) is 11.7 Å².